The summed E-state index contributed by atoms with van der Waals surface area (Å²) in [7, 11) is 0. The molecule has 136 valence electrons. The minimum Gasteiger partial charge on any atom is -0.388 e. The van der Waals surface area contributed by atoms with Crippen LogP contribution >= 0.6 is 0 Å². The van der Waals surface area contributed by atoms with Gasteiger partial charge in [-0.15, -0.1) is 0 Å². The summed E-state index contributed by atoms with van der Waals surface area (Å²) in [5.74, 6) is 0. The molecule has 2 rings (SSSR count). The maximum atomic E-state index is 10.4. The normalized spacial score (nSPS) is 12.5. The number of pyridine rings is 1. The Bertz CT molecular complexity index is 580. The second-order valence-corrected chi connectivity index (χ2v) is 6.03. The molecule has 2 aromatic rings. The van der Waals surface area contributed by atoms with Gasteiger partial charge in [-0.1, -0.05) is 36.8 Å². The topological polar surface area (TPSA) is 51.6 Å². The molecular weight excluding hydrogens is 314 g/mol. The predicted molar refractivity (Wildman–Crippen MR) is 99.2 cm³/mol. The van der Waals surface area contributed by atoms with Crippen molar-refractivity contribution in [1.82, 2.24) is 4.98 Å². The van der Waals surface area contributed by atoms with Crippen LogP contribution in [0.2, 0.25) is 0 Å². The van der Waals surface area contributed by atoms with E-state index in [0.29, 0.717) is 13.2 Å². The van der Waals surface area contributed by atoms with E-state index in [-0.39, 0.29) is 6.29 Å². The zero-order chi connectivity index (χ0) is 17.9. The van der Waals surface area contributed by atoms with Gasteiger partial charge in [0.1, 0.15) is 0 Å². The van der Waals surface area contributed by atoms with Crippen molar-refractivity contribution in [3.63, 3.8) is 0 Å². The molecule has 0 aliphatic heterocycles. The Kier molecular flexibility index (Phi) is 8.60. The number of unbranched alkanes of at least 4 members (excludes halogenated alkanes) is 1. The van der Waals surface area contributed by atoms with Gasteiger partial charge in [-0.05, 0) is 50.3 Å². The fourth-order valence-corrected chi connectivity index (χ4v) is 2.80. The van der Waals surface area contributed by atoms with Crippen molar-refractivity contribution < 1.29 is 14.6 Å². The van der Waals surface area contributed by atoms with Crippen LogP contribution in [0.15, 0.2) is 48.8 Å². The molecule has 25 heavy (non-hydrogen) atoms. The molecule has 1 heterocycles. The third kappa shape index (κ3) is 6.58. The third-order valence-corrected chi connectivity index (χ3v) is 4.15. The highest BCUT2D eigenvalue weighted by Crippen LogP contribution is 2.24. The van der Waals surface area contributed by atoms with Crippen LogP contribution < -0.4 is 0 Å². The van der Waals surface area contributed by atoms with Crippen molar-refractivity contribution in [1.29, 1.82) is 0 Å². The van der Waals surface area contributed by atoms with E-state index in [0.717, 1.165) is 36.8 Å². The number of aromatic nitrogens is 1. The number of ether oxygens (including phenoxy) is 2. The lowest BCUT2D eigenvalue weighted by atomic mass is 10.0. The molecule has 0 radical (unpaired) electrons. The predicted octanol–water partition coefficient (Wildman–Crippen LogP) is 4.60. The van der Waals surface area contributed by atoms with Gasteiger partial charge in [0.2, 0.25) is 0 Å². The molecule has 1 atom stereocenters. The number of benzene rings is 1. The van der Waals surface area contributed by atoms with Gasteiger partial charge in [-0.2, -0.15) is 0 Å². The van der Waals surface area contributed by atoms with Crippen molar-refractivity contribution in [3.8, 4) is 0 Å². The third-order valence-electron chi connectivity index (χ3n) is 4.15. The number of hydrogen-bond acceptors (Lipinski definition) is 4. The minimum absolute atomic E-state index is 0.333. The second-order valence-electron chi connectivity index (χ2n) is 6.03. The summed E-state index contributed by atoms with van der Waals surface area (Å²) in [5, 5.41) is 10.4. The monoisotopic (exact) mass is 343 g/mol. The SMILES string of the molecule is CCOC(OCC)c1ccc(C(O)CCCCc2cccnc2)cc1. The first-order chi connectivity index (χ1) is 12.2. The van der Waals surface area contributed by atoms with Crippen LogP contribution in [0.5, 0.6) is 0 Å². The van der Waals surface area contributed by atoms with Crippen LogP contribution in [0, 0.1) is 0 Å². The Morgan fingerprint density at radius 3 is 2.24 bits per heavy atom. The number of aliphatic hydroxyl groups is 1. The zero-order valence-electron chi connectivity index (χ0n) is 15.2. The summed E-state index contributed by atoms with van der Waals surface area (Å²) in [6.07, 6.45) is 6.74. The minimum atomic E-state index is -0.430. The van der Waals surface area contributed by atoms with E-state index in [1.807, 2.05) is 50.4 Å². The van der Waals surface area contributed by atoms with Gasteiger partial charge in [0, 0.05) is 31.2 Å². The van der Waals surface area contributed by atoms with Crippen LogP contribution in [0.1, 0.15) is 62.2 Å². The van der Waals surface area contributed by atoms with Crippen molar-refractivity contribution in [3.05, 3.63) is 65.5 Å². The van der Waals surface area contributed by atoms with E-state index in [1.165, 1.54) is 5.56 Å². The molecular formula is C21H29NO3. The highest BCUT2D eigenvalue weighted by molar-refractivity contribution is 5.25. The molecule has 1 aromatic heterocycles. The first-order valence-electron chi connectivity index (χ1n) is 9.14. The van der Waals surface area contributed by atoms with Gasteiger partial charge in [0.25, 0.3) is 0 Å². The molecule has 0 amide bonds. The lowest BCUT2D eigenvalue weighted by molar-refractivity contribution is -0.140. The van der Waals surface area contributed by atoms with E-state index in [2.05, 4.69) is 11.1 Å². The second kappa shape index (κ2) is 11.0. The standard InChI is InChI=1S/C21H29NO3/c1-3-24-21(25-4-2)19-13-11-18(12-14-19)20(23)10-6-5-8-17-9-7-15-22-16-17/h7,9,11-16,20-21,23H,3-6,8,10H2,1-2H3. The number of hydrogen-bond donors (Lipinski definition) is 1. The Labute approximate surface area is 150 Å². The van der Waals surface area contributed by atoms with Gasteiger partial charge in [0.05, 0.1) is 6.10 Å². The lowest BCUT2D eigenvalue weighted by Crippen LogP contribution is -2.09. The fraction of sp³-hybridized carbons (Fsp3) is 0.476. The van der Waals surface area contributed by atoms with E-state index in [4.69, 9.17) is 9.47 Å². The number of aryl methyl sites for hydroxylation is 1. The first kappa shape index (κ1) is 19.6. The molecule has 0 saturated heterocycles. The van der Waals surface area contributed by atoms with E-state index < -0.39 is 6.10 Å². The lowest BCUT2D eigenvalue weighted by Gasteiger charge is -2.18. The summed E-state index contributed by atoms with van der Waals surface area (Å²) in [4.78, 5) is 4.12. The molecule has 0 bridgehead atoms. The van der Waals surface area contributed by atoms with Crippen molar-refractivity contribution >= 4 is 0 Å². The maximum Gasteiger partial charge on any atom is 0.183 e. The van der Waals surface area contributed by atoms with E-state index >= 15 is 0 Å². The van der Waals surface area contributed by atoms with E-state index in [1.54, 1.807) is 6.20 Å². The molecule has 0 aliphatic carbocycles. The number of rotatable bonds is 11. The summed E-state index contributed by atoms with van der Waals surface area (Å²) in [6, 6.07) is 11.9. The molecule has 1 aromatic carbocycles. The van der Waals surface area contributed by atoms with Gasteiger partial charge in [-0.3, -0.25) is 4.98 Å². The van der Waals surface area contributed by atoms with Crippen LogP contribution in [0.4, 0.5) is 0 Å². The Balaban J connectivity index is 1.80. The molecule has 4 heteroatoms. The van der Waals surface area contributed by atoms with Crippen molar-refractivity contribution in [2.24, 2.45) is 0 Å². The zero-order valence-corrected chi connectivity index (χ0v) is 15.2. The molecule has 1 N–H and O–H groups in total. The Morgan fingerprint density at radius 2 is 1.64 bits per heavy atom. The molecule has 0 spiro atoms. The smallest absolute Gasteiger partial charge is 0.183 e. The fourth-order valence-electron chi connectivity index (χ4n) is 2.80. The molecule has 1 unspecified atom stereocenters. The Morgan fingerprint density at radius 1 is 0.960 bits per heavy atom. The van der Waals surface area contributed by atoms with E-state index in [9.17, 15) is 5.11 Å². The average Bonchev–Trinajstić information content (AvgIpc) is 2.66. The van der Waals surface area contributed by atoms with Crippen molar-refractivity contribution in [2.75, 3.05) is 13.2 Å². The van der Waals surface area contributed by atoms with Crippen LogP contribution in [-0.2, 0) is 15.9 Å². The molecule has 0 fully saturated rings. The van der Waals surface area contributed by atoms with Crippen molar-refractivity contribution in [2.45, 2.75) is 51.9 Å². The van der Waals surface area contributed by atoms with Gasteiger partial charge in [0.15, 0.2) is 6.29 Å². The summed E-state index contributed by atoms with van der Waals surface area (Å²) in [6.45, 7) is 5.11. The number of aliphatic hydroxyl groups excluding tert-OH is 1. The average molecular weight is 343 g/mol. The van der Waals surface area contributed by atoms with Crippen LogP contribution in [-0.4, -0.2) is 23.3 Å². The molecule has 0 aliphatic rings. The summed E-state index contributed by atoms with van der Waals surface area (Å²) < 4.78 is 11.2. The first-order valence-corrected chi connectivity index (χ1v) is 9.14. The molecule has 0 saturated carbocycles. The Hall–Kier alpha value is -1.75. The molecule has 4 nitrogen and oxygen atoms in total. The summed E-state index contributed by atoms with van der Waals surface area (Å²) in [5.41, 5.74) is 3.17. The van der Waals surface area contributed by atoms with Crippen LogP contribution in [0.3, 0.4) is 0 Å². The van der Waals surface area contributed by atoms with Crippen LogP contribution in [0.25, 0.3) is 0 Å². The van der Waals surface area contributed by atoms with Gasteiger partial charge < -0.3 is 14.6 Å². The quantitative estimate of drug-likeness (QED) is 0.478. The maximum absolute atomic E-state index is 10.4. The van der Waals surface area contributed by atoms with Gasteiger partial charge >= 0.3 is 0 Å². The summed E-state index contributed by atoms with van der Waals surface area (Å²) >= 11 is 0. The number of nitrogens with zero attached hydrogens (tertiary/aromatic N) is 1. The largest absolute Gasteiger partial charge is 0.388 e. The highest BCUT2D eigenvalue weighted by Gasteiger charge is 2.13. The highest BCUT2D eigenvalue weighted by atomic mass is 16.7. The van der Waals surface area contributed by atoms with Gasteiger partial charge in [-0.25, -0.2) is 0 Å².